The van der Waals surface area contributed by atoms with Crippen LogP contribution in [0.3, 0.4) is 0 Å². The number of hydrogen-bond acceptors (Lipinski definition) is 3. The summed E-state index contributed by atoms with van der Waals surface area (Å²) in [4.78, 5) is 1.39. The number of hydrogen-bond donors (Lipinski definition) is 1. The number of methoxy groups -OCH3 is 1. The van der Waals surface area contributed by atoms with Crippen molar-refractivity contribution in [3.8, 4) is 0 Å². The lowest BCUT2D eigenvalue weighted by Gasteiger charge is -2.34. The minimum atomic E-state index is 0.467. The fourth-order valence-corrected chi connectivity index (χ4v) is 4.57. The Kier molecular flexibility index (Phi) is 4.92. The first-order chi connectivity index (χ1) is 9.76. The maximum atomic E-state index is 6.17. The zero-order chi connectivity index (χ0) is 13.9. The molecule has 0 bridgehead atoms. The number of ether oxygens (including phenoxy) is 1. The second-order valence-electron chi connectivity index (χ2n) is 5.75. The topological polar surface area (TPSA) is 21.3 Å². The maximum absolute atomic E-state index is 6.17. The third-order valence-corrected chi connectivity index (χ3v) is 5.81. The van der Waals surface area contributed by atoms with E-state index in [2.05, 4.69) is 17.4 Å². The van der Waals surface area contributed by atoms with Gasteiger partial charge in [-0.2, -0.15) is 0 Å². The molecular weight excluding hydrogens is 290 g/mol. The average molecular weight is 312 g/mol. The van der Waals surface area contributed by atoms with Crippen LogP contribution in [-0.2, 0) is 4.74 Å². The standard InChI is InChI=1S/C16H22ClNOS/c1-19-13-5-3-12(4-6-13)18-15-8-9-20-16-7-2-11(17)10-14(15)16/h2,7,10,12-13,15,18H,3-6,8-9H2,1H3. The molecule has 1 aromatic carbocycles. The molecule has 1 aliphatic carbocycles. The second-order valence-corrected chi connectivity index (χ2v) is 7.32. The molecule has 1 fully saturated rings. The third kappa shape index (κ3) is 3.33. The van der Waals surface area contributed by atoms with Crippen molar-refractivity contribution in [1.82, 2.24) is 5.32 Å². The highest BCUT2D eigenvalue weighted by Gasteiger charge is 2.26. The molecule has 110 valence electrons. The van der Waals surface area contributed by atoms with Crippen molar-refractivity contribution in [3.05, 3.63) is 28.8 Å². The van der Waals surface area contributed by atoms with Crippen LogP contribution in [0.1, 0.15) is 43.7 Å². The largest absolute Gasteiger partial charge is 0.381 e. The van der Waals surface area contributed by atoms with E-state index in [9.17, 15) is 0 Å². The lowest BCUT2D eigenvalue weighted by atomic mass is 9.91. The summed E-state index contributed by atoms with van der Waals surface area (Å²) in [6.45, 7) is 0. The first-order valence-electron chi connectivity index (χ1n) is 7.47. The number of fused-ring (bicyclic) bond motifs is 1. The Bertz CT molecular complexity index is 460. The Labute approximate surface area is 130 Å². The fraction of sp³-hybridized carbons (Fsp3) is 0.625. The van der Waals surface area contributed by atoms with Gasteiger partial charge in [0.2, 0.25) is 0 Å². The van der Waals surface area contributed by atoms with E-state index >= 15 is 0 Å². The van der Waals surface area contributed by atoms with Gasteiger partial charge in [0.25, 0.3) is 0 Å². The highest BCUT2D eigenvalue weighted by molar-refractivity contribution is 7.99. The first-order valence-corrected chi connectivity index (χ1v) is 8.83. The normalized spacial score (nSPS) is 30.0. The van der Waals surface area contributed by atoms with Crippen molar-refractivity contribution in [3.63, 3.8) is 0 Å². The Morgan fingerprint density at radius 2 is 2.00 bits per heavy atom. The molecule has 20 heavy (non-hydrogen) atoms. The molecule has 1 unspecified atom stereocenters. The van der Waals surface area contributed by atoms with E-state index in [0.29, 0.717) is 18.2 Å². The lowest BCUT2D eigenvalue weighted by molar-refractivity contribution is 0.0610. The molecule has 0 amide bonds. The molecule has 1 heterocycles. The summed E-state index contributed by atoms with van der Waals surface area (Å²) in [6.07, 6.45) is 6.46. The Morgan fingerprint density at radius 1 is 1.20 bits per heavy atom. The van der Waals surface area contributed by atoms with Gasteiger partial charge in [-0.3, -0.25) is 0 Å². The van der Waals surface area contributed by atoms with Gasteiger partial charge in [0.1, 0.15) is 0 Å². The van der Waals surface area contributed by atoms with Crippen molar-refractivity contribution in [2.75, 3.05) is 12.9 Å². The highest BCUT2D eigenvalue weighted by atomic mass is 35.5. The Balaban J connectivity index is 1.66. The van der Waals surface area contributed by atoms with E-state index in [0.717, 1.165) is 5.02 Å². The predicted molar refractivity (Wildman–Crippen MR) is 85.7 cm³/mol. The highest BCUT2D eigenvalue weighted by Crippen LogP contribution is 2.38. The number of rotatable bonds is 3. The van der Waals surface area contributed by atoms with Crippen molar-refractivity contribution in [2.45, 2.75) is 55.2 Å². The van der Waals surface area contributed by atoms with E-state index in [-0.39, 0.29) is 0 Å². The second kappa shape index (κ2) is 6.69. The Hall–Kier alpha value is -0.220. The van der Waals surface area contributed by atoms with Crippen LogP contribution >= 0.6 is 23.4 Å². The van der Waals surface area contributed by atoms with Gasteiger partial charge in [0, 0.05) is 29.1 Å². The van der Waals surface area contributed by atoms with Gasteiger partial charge < -0.3 is 10.1 Å². The molecule has 0 radical (unpaired) electrons. The number of nitrogens with one attached hydrogen (secondary N) is 1. The van der Waals surface area contributed by atoms with Crippen LogP contribution in [0.2, 0.25) is 5.02 Å². The van der Waals surface area contributed by atoms with Gasteiger partial charge >= 0.3 is 0 Å². The van der Waals surface area contributed by atoms with Gasteiger partial charge in [-0.1, -0.05) is 11.6 Å². The zero-order valence-corrected chi connectivity index (χ0v) is 13.5. The van der Waals surface area contributed by atoms with E-state index in [4.69, 9.17) is 16.3 Å². The molecular formula is C16H22ClNOS. The van der Waals surface area contributed by atoms with Crippen LogP contribution in [0.5, 0.6) is 0 Å². The van der Waals surface area contributed by atoms with Crippen LogP contribution in [0.25, 0.3) is 0 Å². The molecule has 1 N–H and O–H groups in total. The van der Waals surface area contributed by atoms with Crippen molar-refractivity contribution >= 4 is 23.4 Å². The average Bonchev–Trinajstić information content (AvgIpc) is 2.49. The van der Waals surface area contributed by atoms with Crippen molar-refractivity contribution in [1.29, 1.82) is 0 Å². The monoisotopic (exact) mass is 311 g/mol. The molecule has 2 aliphatic rings. The summed E-state index contributed by atoms with van der Waals surface area (Å²) >= 11 is 8.12. The van der Waals surface area contributed by atoms with Gasteiger partial charge in [0.15, 0.2) is 0 Å². The Morgan fingerprint density at radius 3 is 2.75 bits per heavy atom. The molecule has 1 aromatic rings. The van der Waals surface area contributed by atoms with Crippen LogP contribution in [-0.4, -0.2) is 25.0 Å². The summed E-state index contributed by atoms with van der Waals surface area (Å²) in [7, 11) is 1.83. The molecule has 3 rings (SSSR count). The van der Waals surface area contributed by atoms with Crippen LogP contribution in [0, 0.1) is 0 Å². The summed E-state index contributed by atoms with van der Waals surface area (Å²) in [5.41, 5.74) is 1.39. The van der Waals surface area contributed by atoms with Crippen molar-refractivity contribution in [2.24, 2.45) is 0 Å². The summed E-state index contributed by atoms with van der Waals surface area (Å²) in [6, 6.07) is 7.40. The van der Waals surface area contributed by atoms with Gasteiger partial charge in [-0.05, 0) is 61.6 Å². The number of benzene rings is 1. The van der Waals surface area contributed by atoms with Crippen molar-refractivity contribution < 1.29 is 4.74 Å². The van der Waals surface area contributed by atoms with Gasteiger partial charge in [0.05, 0.1) is 6.10 Å². The van der Waals surface area contributed by atoms with Crippen LogP contribution in [0.4, 0.5) is 0 Å². The van der Waals surface area contributed by atoms with E-state index in [1.165, 1.54) is 48.3 Å². The fourth-order valence-electron chi connectivity index (χ4n) is 3.29. The predicted octanol–water partition coefficient (Wildman–Crippen LogP) is 4.42. The molecule has 4 heteroatoms. The summed E-state index contributed by atoms with van der Waals surface area (Å²) in [5.74, 6) is 1.19. The molecule has 1 saturated carbocycles. The first kappa shape index (κ1) is 14.7. The molecule has 0 saturated heterocycles. The smallest absolute Gasteiger partial charge is 0.0572 e. The van der Waals surface area contributed by atoms with Crippen LogP contribution < -0.4 is 5.32 Å². The minimum absolute atomic E-state index is 0.467. The molecule has 1 aliphatic heterocycles. The van der Waals surface area contributed by atoms with E-state index in [1.807, 2.05) is 24.9 Å². The minimum Gasteiger partial charge on any atom is -0.381 e. The quantitative estimate of drug-likeness (QED) is 0.892. The molecule has 1 atom stereocenters. The van der Waals surface area contributed by atoms with E-state index in [1.54, 1.807) is 0 Å². The SMILES string of the molecule is COC1CCC(NC2CCSc3ccc(Cl)cc32)CC1. The molecule has 2 nitrogen and oxygen atoms in total. The summed E-state index contributed by atoms with van der Waals surface area (Å²) < 4.78 is 5.45. The zero-order valence-electron chi connectivity index (χ0n) is 11.9. The number of thioether (sulfide) groups is 1. The lowest BCUT2D eigenvalue weighted by Crippen LogP contribution is -2.38. The maximum Gasteiger partial charge on any atom is 0.0572 e. The molecule has 0 spiro atoms. The van der Waals surface area contributed by atoms with E-state index < -0.39 is 0 Å². The number of halogens is 1. The van der Waals surface area contributed by atoms with Gasteiger partial charge in [-0.15, -0.1) is 11.8 Å². The van der Waals surface area contributed by atoms with Gasteiger partial charge in [-0.25, -0.2) is 0 Å². The molecule has 0 aromatic heterocycles. The third-order valence-electron chi connectivity index (χ3n) is 4.46. The summed E-state index contributed by atoms with van der Waals surface area (Å²) in [5, 5.41) is 4.71. The van der Waals surface area contributed by atoms with Crippen LogP contribution in [0.15, 0.2) is 23.1 Å².